The number of halogens is 1. The molecule has 0 saturated carbocycles. The van der Waals surface area contributed by atoms with Crippen LogP contribution in [-0.4, -0.2) is 11.6 Å². The molecule has 94 valence electrons. The molecule has 2 nitrogen and oxygen atoms in total. The summed E-state index contributed by atoms with van der Waals surface area (Å²) < 4.78 is 0.776. The average Bonchev–Trinajstić information content (AvgIpc) is 2.45. The molecule has 0 heterocycles. The largest absolute Gasteiger partial charge is 0.286 e. The van der Waals surface area contributed by atoms with Gasteiger partial charge in [-0.25, -0.2) is 0 Å². The maximum absolute atomic E-state index is 11.9. The van der Waals surface area contributed by atoms with Gasteiger partial charge in [-0.3, -0.25) is 9.59 Å². The predicted molar refractivity (Wildman–Crippen MR) is 79.0 cm³/mol. The smallest absolute Gasteiger partial charge is 0.232 e. The number of hydrogen-bond acceptors (Lipinski definition) is 2. The van der Waals surface area contributed by atoms with Gasteiger partial charge in [0.2, 0.25) is 11.6 Å². The van der Waals surface area contributed by atoms with E-state index in [4.69, 9.17) is 0 Å². The van der Waals surface area contributed by atoms with E-state index in [9.17, 15) is 9.59 Å². The highest BCUT2D eigenvalue weighted by atomic mass is 79.9. The molecule has 0 bridgehead atoms. The Morgan fingerprint density at radius 2 is 1.68 bits per heavy atom. The molecule has 0 fully saturated rings. The van der Waals surface area contributed by atoms with E-state index in [-0.39, 0.29) is 0 Å². The van der Waals surface area contributed by atoms with Gasteiger partial charge in [0.15, 0.2) is 0 Å². The van der Waals surface area contributed by atoms with E-state index in [0.29, 0.717) is 5.56 Å². The first-order chi connectivity index (χ1) is 9.16. The first-order valence-electron chi connectivity index (χ1n) is 5.74. The van der Waals surface area contributed by atoms with E-state index in [0.717, 1.165) is 10.0 Å². The Kier molecular flexibility index (Phi) is 4.42. The first kappa shape index (κ1) is 13.4. The summed E-state index contributed by atoms with van der Waals surface area (Å²) in [5.74, 6) is -1.03. The summed E-state index contributed by atoms with van der Waals surface area (Å²) in [4.78, 5) is 23.7. The van der Waals surface area contributed by atoms with Crippen molar-refractivity contribution in [1.29, 1.82) is 0 Å². The fraction of sp³-hybridized carbons (Fsp3) is 0. The van der Waals surface area contributed by atoms with Crippen molar-refractivity contribution in [3.05, 3.63) is 76.3 Å². The third-order valence-corrected chi connectivity index (χ3v) is 3.03. The summed E-state index contributed by atoms with van der Waals surface area (Å²) >= 11 is 3.27. The van der Waals surface area contributed by atoms with Crippen LogP contribution >= 0.6 is 15.9 Å². The lowest BCUT2D eigenvalue weighted by atomic mass is 10.1. The molecule has 0 aromatic heterocycles. The Hall–Kier alpha value is -2.00. The third-order valence-electron chi connectivity index (χ3n) is 2.54. The molecule has 0 atom stereocenters. The molecule has 19 heavy (non-hydrogen) atoms. The minimum Gasteiger partial charge on any atom is -0.286 e. The topological polar surface area (TPSA) is 34.1 Å². The minimum absolute atomic E-state index is 0.386. The summed E-state index contributed by atoms with van der Waals surface area (Å²) in [6, 6.07) is 16.2. The van der Waals surface area contributed by atoms with Crippen LogP contribution in [0.4, 0.5) is 0 Å². The van der Waals surface area contributed by atoms with Crippen LogP contribution in [0.5, 0.6) is 0 Å². The molecule has 0 spiro atoms. The van der Waals surface area contributed by atoms with Crippen LogP contribution in [0.15, 0.2) is 65.1 Å². The summed E-state index contributed by atoms with van der Waals surface area (Å²) in [6.07, 6.45) is 2.94. The van der Waals surface area contributed by atoms with Crippen LogP contribution in [-0.2, 0) is 4.79 Å². The summed E-state index contributed by atoms with van der Waals surface area (Å²) in [7, 11) is 0. The van der Waals surface area contributed by atoms with Gasteiger partial charge in [-0.15, -0.1) is 0 Å². The van der Waals surface area contributed by atoms with Crippen molar-refractivity contribution in [1.82, 2.24) is 0 Å². The molecule has 2 aromatic rings. The van der Waals surface area contributed by atoms with E-state index in [1.807, 2.05) is 30.3 Å². The second-order valence-electron chi connectivity index (χ2n) is 3.95. The van der Waals surface area contributed by atoms with Gasteiger partial charge in [-0.2, -0.15) is 0 Å². The average molecular weight is 315 g/mol. The van der Waals surface area contributed by atoms with E-state index < -0.39 is 11.6 Å². The standard InChI is InChI=1S/C16H11BrO2/c17-14-8-4-7-13(11-14)16(19)15(18)10-9-12-5-2-1-3-6-12/h1-11H. The lowest BCUT2D eigenvalue weighted by Crippen LogP contribution is -2.10. The number of benzene rings is 2. The van der Waals surface area contributed by atoms with Crippen LogP contribution in [0, 0.1) is 0 Å². The maximum Gasteiger partial charge on any atom is 0.232 e. The van der Waals surface area contributed by atoms with Crippen molar-refractivity contribution < 1.29 is 9.59 Å². The quantitative estimate of drug-likeness (QED) is 0.487. The molecule has 3 heteroatoms. The highest BCUT2D eigenvalue weighted by Gasteiger charge is 2.13. The van der Waals surface area contributed by atoms with Crippen molar-refractivity contribution >= 4 is 33.6 Å². The zero-order valence-electron chi connectivity index (χ0n) is 10.0. The zero-order chi connectivity index (χ0) is 13.7. The van der Waals surface area contributed by atoms with E-state index in [1.165, 1.54) is 6.08 Å². The number of Topliss-reactive ketones (excluding diaryl/α,β-unsaturated/α-hetero) is 1. The third kappa shape index (κ3) is 3.73. The molecular weight excluding hydrogens is 304 g/mol. The van der Waals surface area contributed by atoms with Gasteiger partial charge in [0, 0.05) is 10.0 Å². The Morgan fingerprint density at radius 3 is 2.37 bits per heavy atom. The summed E-state index contributed by atoms with van der Waals surface area (Å²) in [6.45, 7) is 0. The molecule has 0 saturated heterocycles. The van der Waals surface area contributed by atoms with Crippen molar-refractivity contribution in [2.45, 2.75) is 0 Å². The van der Waals surface area contributed by atoms with Crippen LogP contribution in [0.1, 0.15) is 15.9 Å². The molecule has 0 aliphatic carbocycles. The second-order valence-corrected chi connectivity index (χ2v) is 4.86. The number of rotatable bonds is 4. The minimum atomic E-state index is -0.526. The predicted octanol–water partition coefficient (Wildman–Crippen LogP) is 3.91. The highest BCUT2D eigenvalue weighted by Crippen LogP contribution is 2.12. The van der Waals surface area contributed by atoms with Gasteiger partial charge >= 0.3 is 0 Å². The van der Waals surface area contributed by atoms with Gasteiger partial charge in [0.1, 0.15) is 0 Å². The Balaban J connectivity index is 2.12. The van der Waals surface area contributed by atoms with Gasteiger partial charge in [-0.1, -0.05) is 64.5 Å². The highest BCUT2D eigenvalue weighted by molar-refractivity contribution is 9.10. The molecular formula is C16H11BrO2. The van der Waals surface area contributed by atoms with Crippen LogP contribution in [0.3, 0.4) is 0 Å². The first-order valence-corrected chi connectivity index (χ1v) is 6.53. The molecule has 0 amide bonds. The van der Waals surface area contributed by atoms with Crippen LogP contribution < -0.4 is 0 Å². The molecule has 2 aromatic carbocycles. The van der Waals surface area contributed by atoms with Crippen molar-refractivity contribution in [2.75, 3.05) is 0 Å². The van der Waals surface area contributed by atoms with Crippen molar-refractivity contribution in [2.24, 2.45) is 0 Å². The fourth-order valence-corrected chi connectivity index (χ4v) is 1.98. The Labute approximate surface area is 119 Å². The lowest BCUT2D eigenvalue weighted by molar-refractivity contribution is -0.110. The number of carbonyl (C=O) groups excluding carboxylic acids is 2. The molecule has 0 radical (unpaired) electrons. The van der Waals surface area contributed by atoms with E-state index >= 15 is 0 Å². The molecule has 0 N–H and O–H groups in total. The second kappa shape index (κ2) is 6.25. The molecule has 0 aliphatic rings. The molecule has 2 rings (SSSR count). The lowest BCUT2D eigenvalue weighted by Gasteiger charge is -1.97. The van der Waals surface area contributed by atoms with Gasteiger partial charge in [-0.05, 0) is 23.8 Å². The number of allylic oxidation sites excluding steroid dienone is 1. The van der Waals surface area contributed by atoms with E-state index in [1.54, 1.807) is 30.3 Å². The monoisotopic (exact) mass is 314 g/mol. The van der Waals surface area contributed by atoms with Crippen molar-refractivity contribution in [3.63, 3.8) is 0 Å². The normalized spacial score (nSPS) is 10.6. The van der Waals surface area contributed by atoms with Gasteiger partial charge in [0.05, 0.1) is 0 Å². The van der Waals surface area contributed by atoms with E-state index in [2.05, 4.69) is 15.9 Å². The summed E-state index contributed by atoms with van der Waals surface area (Å²) in [5.41, 5.74) is 1.27. The SMILES string of the molecule is O=C(C=Cc1ccccc1)C(=O)c1cccc(Br)c1. The number of ketones is 2. The fourth-order valence-electron chi connectivity index (χ4n) is 1.58. The maximum atomic E-state index is 11.9. The van der Waals surface area contributed by atoms with Crippen molar-refractivity contribution in [3.8, 4) is 0 Å². The van der Waals surface area contributed by atoms with Crippen LogP contribution in [0.2, 0.25) is 0 Å². The Morgan fingerprint density at radius 1 is 0.947 bits per heavy atom. The summed E-state index contributed by atoms with van der Waals surface area (Å²) in [5, 5.41) is 0. The van der Waals surface area contributed by atoms with Gasteiger partial charge in [0.25, 0.3) is 0 Å². The number of hydrogen-bond donors (Lipinski definition) is 0. The zero-order valence-corrected chi connectivity index (χ0v) is 11.6. The van der Waals surface area contributed by atoms with Crippen LogP contribution in [0.25, 0.3) is 6.08 Å². The Bertz CT molecular complexity index is 630. The van der Waals surface area contributed by atoms with Gasteiger partial charge < -0.3 is 0 Å². The molecule has 0 aliphatic heterocycles. The molecule has 0 unspecified atom stereocenters. The number of carbonyl (C=O) groups is 2.